The zero-order valence-corrected chi connectivity index (χ0v) is 12.2. The van der Waals surface area contributed by atoms with Crippen molar-refractivity contribution < 1.29 is 4.79 Å². The first-order valence-electron chi connectivity index (χ1n) is 7.62. The Bertz CT molecular complexity index is 601. The highest BCUT2D eigenvalue weighted by molar-refractivity contribution is 6.05. The second kappa shape index (κ2) is 6.74. The molecule has 2 heterocycles. The van der Waals surface area contributed by atoms with Crippen LogP contribution in [0.4, 0.5) is 0 Å². The molecule has 112 valence electrons. The van der Waals surface area contributed by atoms with Crippen LogP contribution in [-0.4, -0.2) is 55.1 Å². The molecule has 3 rings (SSSR count). The lowest BCUT2D eigenvalue weighted by atomic mass is 10.1. The van der Waals surface area contributed by atoms with Crippen LogP contribution in [0.5, 0.6) is 0 Å². The van der Waals surface area contributed by atoms with E-state index in [9.17, 15) is 4.79 Å². The third-order valence-corrected chi connectivity index (χ3v) is 3.98. The fourth-order valence-corrected chi connectivity index (χ4v) is 2.81. The van der Waals surface area contributed by atoms with Crippen LogP contribution in [0.2, 0.25) is 0 Å². The van der Waals surface area contributed by atoms with Gasteiger partial charge < -0.3 is 20.5 Å². The van der Waals surface area contributed by atoms with Gasteiger partial charge in [-0.2, -0.15) is 0 Å². The molecule has 0 saturated carbocycles. The van der Waals surface area contributed by atoms with Crippen molar-refractivity contribution in [1.82, 2.24) is 20.5 Å². The summed E-state index contributed by atoms with van der Waals surface area (Å²) in [6.07, 6.45) is 2.86. The molecule has 5 heteroatoms. The van der Waals surface area contributed by atoms with Gasteiger partial charge in [-0.3, -0.25) is 4.79 Å². The highest BCUT2D eigenvalue weighted by Gasteiger charge is 2.11. The highest BCUT2D eigenvalue weighted by atomic mass is 16.1. The number of hydrogen-bond donors (Lipinski definition) is 3. The minimum Gasteiger partial charge on any atom is -0.361 e. The van der Waals surface area contributed by atoms with Crippen molar-refractivity contribution in [1.29, 1.82) is 0 Å². The normalized spacial score (nSPS) is 16.2. The second-order valence-electron chi connectivity index (χ2n) is 5.45. The van der Waals surface area contributed by atoms with Gasteiger partial charge >= 0.3 is 0 Å². The van der Waals surface area contributed by atoms with Crippen molar-refractivity contribution in [2.24, 2.45) is 0 Å². The SMILES string of the molecule is O=C(NCCCN1CCNCC1)c1cccc2cc[nH]c12. The summed E-state index contributed by atoms with van der Waals surface area (Å²) in [5.74, 6) is 0.00311. The number of H-pyrrole nitrogens is 1. The van der Waals surface area contributed by atoms with E-state index in [2.05, 4.69) is 20.5 Å². The number of aromatic nitrogens is 1. The summed E-state index contributed by atoms with van der Waals surface area (Å²) in [6, 6.07) is 7.78. The number of para-hydroxylation sites is 1. The largest absolute Gasteiger partial charge is 0.361 e. The van der Waals surface area contributed by atoms with Gasteiger partial charge in [0.2, 0.25) is 0 Å². The Hall–Kier alpha value is -1.85. The Kier molecular flexibility index (Phi) is 4.52. The molecule has 3 N–H and O–H groups in total. The van der Waals surface area contributed by atoms with Crippen LogP contribution < -0.4 is 10.6 Å². The number of piperazine rings is 1. The smallest absolute Gasteiger partial charge is 0.253 e. The van der Waals surface area contributed by atoms with Gasteiger partial charge in [-0.15, -0.1) is 0 Å². The van der Waals surface area contributed by atoms with E-state index in [0.29, 0.717) is 0 Å². The van der Waals surface area contributed by atoms with E-state index in [1.165, 1.54) is 0 Å². The van der Waals surface area contributed by atoms with E-state index in [0.717, 1.165) is 62.2 Å². The van der Waals surface area contributed by atoms with Gasteiger partial charge in [0.15, 0.2) is 0 Å². The number of benzene rings is 1. The van der Waals surface area contributed by atoms with Crippen molar-refractivity contribution >= 4 is 16.8 Å². The molecule has 0 bridgehead atoms. The fourth-order valence-electron chi connectivity index (χ4n) is 2.81. The van der Waals surface area contributed by atoms with E-state index in [4.69, 9.17) is 0 Å². The lowest BCUT2D eigenvalue weighted by molar-refractivity contribution is 0.0953. The van der Waals surface area contributed by atoms with E-state index >= 15 is 0 Å². The average Bonchev–Trinajstić information content (AvgIpc) is 3.01. The van der Waals surface area contributed by atoms with Gasteiger partial charge in [0.05, 0.1) is 11.1 Å². The molecule has 21 heavy (non-hydrogen) atoms. The van der Waals surface area contributed by atoms with Crippen LogP contribution in [0.25, 0.3) is 10.9 Å². The maximum atomic E-state index is 12.3. The fraction of sp³-hybridized carbons (Fsp3) is 0.438. The van der Waals surface area contributed by atoms with Gasteiger partial charge in [0.1, 0.15) is 0 Å². The highest BCUT2D eigenvalue weighted by Crippen LogP contribution is 2.16. The molecule has 5 nitrogen and oxygen atoms in total. The Morgan fingerprint density at radius 1 is 1.24 bits per heavy atom. The molecule has 1 saturated heterocycles. The number of amides is 1. The predicted molar refractivity (Wildman–Crippen MR) is 84.6 cm³/mol. The summed E-state index contributed by atoms with van der Waals surface area (Å²) < 4.78 is 0. The van der Waals surface area contributed by atoms with E-state index in [-0.39, 0.29) is 5.91 Å². The zero-order chi connectivity index (χ0) is 14.5. The maximum Gasteiger partial charge on any atom is 0.253 e. The Labute approximate surface area is 124 Å². The molecule has 1 aliphatic heterocycles. The molecule has 1 aliphatic rings. The van der Waals surface area contributed by atoms with Crippen LogP contribution in [0.1, 0.15) is 16.8 Å². The van der Waals surface area contributed by atoms with E-state index in [1.807, 2.05) is 30.5 Å². The number of carbonyl (C=O) groups is 1. The number of nitrogens with zero attached hydrogens (tertiary/aromatic N) is 1. The van der Waals surface area contributed by atoms with Crippen molar-refractivity contribution in [3.63, 3.8) is 0 Å². The maximum absolute atomic E-state index is 12.3. The second-order valence-corrected chi connectivity index (χ2v) is 5.45. The molecular formula is C16H22N4O. The summed E-state index contributed by atoms with van der Waals surface area (Å²) in [5.41, 5.74) is 1.64. The Morgan fingerprint density at radius 3 is 2.95 bits per heavy atom. The van der Waals surface area contributed by atoms with Crippen molar-refractivity contribution in [3.8, 4) is 0 Å². The molecule has 0 radical (unpaired) electrons. The van der Waals surface area contributed by atoms with Gasteiger partial charge in [0, 0.05) is 44.3 Å². The van der Waals surface area contributed by atoms with Crippen LogP contribution in [0.15, 0.2) is 30.5 Å². The van der Waals surface area contributed by atoms with Crippen molar-refractivity contribution in [3.05, 3.63) is 36.0 Å². The molecule has 1 aromatic heterocycles. The Balaban J connectivity index is 1.49. The number of nitrogens with one attached hydrogen (secondary N) is 3. The first-order chi connectivity index (χ1) is 10.3. The Morgan fingerprint density at radius 2 is 2.10 bits per heavy atom. The average molecular weight is 286 g/mol. The molecule has 2 aromatic rings. The molecule has 0 aliphatic carbocycles. The molecule has 1 aromatic carbocycles. The minimum atomic E-state index is 0.00311. The topological polar surface area (TPSA) is 60.2 Å². The summed E-state index contributed by atoms with van der Waals surface area (Å²) in [5, 5.41) is 7.44. The number of rotatable bonds is 5. The van der Waals surface area contributed by atoms with E-state index in [1.54, 1.807) is 0 Å². The number of hydrogen-bond acceptors (Lipinski definition) is 3. The molecule has 1 amide bonds. The standard InChI is InChI=1S/C16H22N4O/c21-16(14-4-1-3-13-5-7-18-15(13)14)19-6-2-10-20-11-8-17-9-12-20/h1,3-5,7,17-18H,2,6,8-12H2,(H,19,21). The van der Waals surface area contributed by atoms with Crippen LogP contribution in [0, 0.1) is 0 Å². The van der Waals surface area contributed by atoms with Crippen LogP contribution in [-0.2, 0) is 0 Å². The molecule has 0 atom stereocenters. The lowest BCUT2D eigenvalue weighted by Gasteiger charge is -2.27. The zero-order valence-electron chi connectivity index (χ0n) is 12.2. The summed E-state index contributed by atoms with van der Waals surface area (Å²) in [7, 11) is 0. The van der Waals surface area contributed by atoms with Gasteiger partial charge in [0.25, 0.3) is 5.91 Å². The number of fused-ring (bicyclic) bond motifs is 1. The van der Waals surface area contributed by atoms with E-state index < -0.39 is 0 Å². The number of carbonyl (C=O) groups excluding carboxylic acids is 1. The predicted octanol–water partition coefficient (Wildman–Crippen LogP) is 1.19. The quantitative estimate of drug-likeness (QED) is 0.724. The summed E-state index contributed by atoms with van der Waals surface area (Å²) in [6.45, 7) is 6.13. The summed E-state index contributed by atoms with van der Waals surface area (Å²) in [4.78, 5) is 17.8. The monoisotopic (exact) mass is 286 g/mol. The van der Waals surface area contributed by atoms with Gasteiger partial charge in [-0.05, 0) is 25.1 Å². The van der Waals surface area contributed by atoms with Crippen LogP contribution in [0.3, 0.4) is 0 Å². The third kappa shape index (κ3) is 3.43. The summed E-state index contributed by atoms with van der Waals surface area (Å²) >= 11 is 0. The van der Waals surface area contributed by atoms with Gasteiger partial charge in [-0.25, -0.2) is 0 Å². The van der Waals surface area contributed by atoms with Gasteiger partial charge in [-0.1, -0.05) is 12.1 Å². The lowest BCUT2D eigenvalue weighted by Crippen LogP contribution is -2.44. The molecule has 0 spiro atoms. The first kappa shape index (κ1) is 14.1. The molecular weight excluding hydrogens is 264 g/mol. The van der Waals surface area contributed by atoms with Crippen LogP contribution >= 0.6 is 0 Å². The number of aromatic amines is 1. The first-order valence-corrected chi connectivity index (χ1v) is 7.62. The molecule has 1 fully saturated rings. The third-order valence-electron chi connectivity index (χ3n) is 3.98. The van der Waals surface area contributed by atoms with Crippen molar-refractivity contribution in [2.45, 2.75) is 6.42 Å². The van der Waals surface area contributed by atoms with Crippen molar-refractivity contribution in [2.75, 3.05) is 39.3 Å². The molecule has 0 unspecified atom stereocenters. The minimum absolute atomic E-state index is 0.00311.